The largest absolute Gasteiger partial charge is 0.494 e. The van der Waals surface area contributed by atoms with Crippen LogP contribution in [0.15, 0.2) is 79.3 Å². The molecule has 190 valence electrons. The lowest BCUT2D eigenvalue weighted by Crippen LogP contribution is -2.45. The van der Waals surface area contributed by atoms with E-state index in [0.29, 0.717) is 44.0 Å². The maximum absolute atomic E-state index is 14.6. The van der Waals surface area contributed by atoms with Gasteiger partial charge in [-0.25, -0.2) is 0 Å². The van der Waals surface area contributed by atoms with Crippen molar-refractivity contribution < 1.29 is 14.3 Å². The van der Waals surface area contributed by atoms with E-state index in [4.69, 9.17) is 4.74 Å². The molecule has 2 amide bonds. The van der Waals surface area contributed by atoms with Crippen molar-refractivity contribution in [3.05, 3.63) is 102 Å². The van der Waals surface area contributed by atoms with Gasteiger partial charge in [0.25, 0.3) is 5.91 Å². The number of likely N-dealkylation sites (tertiary alicyclic amines) is 1. The van der Waals surface area contributed by atoms with Gasteiger partial charge in [0.2, 0.25) is 5.91 Å². The van der Waals surface area contributed by atoms with E-state index >= 15 is 0 Å². The monoisotopic (exact) mass is 506 g/mol. The molecule has 7 rings (SSSR count). The van der Waals surface area contributed by atoms with Gasteiger partial charge in [0.05, 0.1) is 31.0 Å². The van der Waals surface area contributed by atoms with Gasteiger partial charge in [0.1, 0.15) is 16.9 Å². The van der Waals surface area contributed by atoms with Crippen molar-refractivity contribution >= 4 is 17.5 Å². The van der Waals surface area contributed by atoms with E-state index in [1.807, 2.05) is 64.5 Å². The molecular formula is C29H26N6O3. The molecule has 2 atom stereocenters. The lowest BCUT2D eigenvalue weighted by Gasteiger charge is -2.35. The fraction of sp³-hybridized carbons (Fsp3) is 0.276. The van der Waals surface area contributed by atoms with Gasteiger partial charge in [-0.05, 0) is 47.9 Å². The molecule has 3 aliphatic rings. The van der Waals surface area contributed by atoms with Gasteiger partial charge in [-0.15, -0.1) is 5.10 Å². The Morgan fingerprint density at radius 3 is 2.87 bits per heavy atom. The molecule has 1 spiro atoms. The van der Waals surface area contributed by atoms with Crippen molar-refractivity contribution in [3.63, 3.8) is 0 Å². The number of fused-ring (bicyclic) bond motifs is 8. The first kappa shape index (κ1) is 22.7. The van der Waals surface area contributed by atoms with Crippen LogP contribution in [-0.4, -0.2) is 49.8 Å². The Balaban J connectivity index is 1.43. The number of aromatic nitrogens is 4. The fourth-order valence-corrected chi connectivity index (χ4v) is 6.25. The minimum absolute atomic E-state index is 0.0269. The third-order valence-electron chi connectivity index (χ3n) is 7.88. The van der Waals surface area contributed by atoms with Gasteiger partial charge < -0.3 is 14.5 Å². The molecule has 2 aromatic heterocycles. The number of benzene rings is 2. The Kier molecular flexibility index (Phi) is 5.24. The number of carbonyl (C=O) groups is 2. The van der Waals surface area contributed by atoms with Crippen LogP contribution in [0.25, 0.3) is 0 Å². The van der Waals surface area contributed by atoms with Gasteiger partial charge in [-0.3, -0.25) is 19.3 Å². The Bertz CT molecular complexity index is 1540. The summed E-state index contributed by atoms with van der Waals surface area (Å²) in [7, 11) is 0. The molecule has 0 saturated carbocycles. The van der Waals surface area contributed by atoms with E-state index in [1.165, 1.54) is 0 Å². The third-order valence-corrected chi connectivity index (χ3v) is 7.88. The second-order valence-electron chi connectivity index (χ2n) is 10.0. The maximum Gasteiger partial charge on any atom is 0.255 e. The highest BCUT2D eigenvalue weighted by Gasteiger charge is 2.61. The van der Waals surface area contributed by atoms with E-state index < -0.39 is 11.5 Å². The van der Waals surface area contributed by atoms with Crippen LogP contribution < -0.4 is 9.64 Å². The highest BCUT2D eigenvalue weighted by atomic mass is 16.5. The second-order valence-corrected chi connectivity index (χ2v) is 10.0. The van der Waals surface area contributed by atoms with Crippen LogP contribution in [0.2, 0.25) is 0 Å². The molecule has 4 aromatic rings. The summed E-state index contributed by atoms with van der Waals surface area (Å²) in [6.07, 6.45) is 6.40. The van der Waals surface area contributed by atoms with Crippen LogP contribution in [0.1, 0.15) is 46.1 Å². The first-order valence-electron chi connectivity index (χ1n) is 12.9. The Hall–Kier alpha value is -4.53. The number of carbonyl (C=O) groups excluding carboxylic acids is 2. The molecule has 38 heavy (non-hydrogen) atoms. The minimum atomic E-state index is -0.941. The van der Waals surface area contributed by atoms with Crippen LogP contribution in [0.5, 0.6) is 5.75 Å². The first-order chi connectivity index (χ1) is 18.6. The molecule has 0 unspecified atom stereocenters. The quantitative estimate of drug-likeness (QED) is 0.392. The molecule has 0 radical (unpaired) electrons. The van der Waals surface area contributed by atoms with Crippen molar-refractivity contribution in [3.8, 4) is 5.75 Å². The lowest BCUT2D eigenvalue weighted by atomic mass is 9.72. The van der Waals surface area contributed by atoms with Crippen molar-refractivity contribution in [2.24, 2.45) is 0 Å². The average Bonchev–Trinajstić information content (AvgIpc) is 3.64. The van der Waals surface area contributed by atoms with E-state index in [9.17, 15) is 9.59 Å². The topological polar surface area (TPSA) is 93.5 Å². The van der Waals surface area contributed by atoms with Crippen molar-refractivity contribution in [1.82, 2.24) is 24.9 Å². The van der Waals surface area contributed by atoms with Crippen LogP contribution >= 0.6 is 0 Å². The van der Waals surface area contributed by atoms with Gasteiger partial charge >= 0.3 is 0 Å². The SMILES string of the molecule is O=C(c1cccnc1)N1CC[C@]23C(=O)N(Cc4cn(nn4)CCCOc4cccc(c4)[C@H]12)c1ccccc13. The fourth-order valence-electron chi connectivity index (χ4n) is 6.25. The predicted octanol–water partition coefficient (Wildman–Crippen LogP) is 3.53. The van der Waals surface area contributed by atoms with Crippen molar-refractivity contribution in [2.45, 2.75) is 37.4 Å². The average molecular weight is 507 g/mol. The zero-order valence-electron chi connectivity index (χ0n) is 20.7. The van der Waals surface area contributed by atoms with Gasteiger partial charge in [-0.1, -0.05) is 35.5 Å². The summed E-state index contributed by atoms with van der Waals surface area (Å²) >= 11 is 0. The number of para-hydroxylation sites is 1. The van der Waals surface area contributed by atoms with Crippen LogP contribution in [0, 0.1) is 0 Å². The predicted molar refractivity (Wildman–Crippen MR) is 139 cm³/mol. The van der Waals surface area contributed by atoms with Crippen molar-refractivity contribution in [1.29, 1.82) is 0 Å². The molecule has 5 heterocycles. The summed E-state index contributed by atoms with van der Waals surface area (Å²) in [5.41, 5.74) is 2.94. The molecule has 6 bridgehead atoms. The summed E-state index contributed by atoms with van der Waals surface area (Å²) in [5.74, 6) is 0.542. The van der Waals surface area contributed by atoms with Gasteiger partial charge in [0, 0.05) is 37.6 Å². The highest BCUT2D eigenvalue weighted by molar-refractivity contribution is 6.10. The molecule has 0 N–H and O–H groups in total. The zero-order chi connectivity index (χ0) is 25.7. The summed E-state index contributed by atoms with van der Waals surface area (Å²) in [6, 6.07) is 18.8. The molecule has 0 aliphatic carbocycles. The van der Waals surface area contributed by atoms with E-state index in [2.05, 4.69) is 15.3 Å². The Morgan fingerprint density at radius 2 is 1.97 bits per heavy atom. The van der Waals surface area contributed by atoms with Crippen LogP contribution in [0.4, 0.5) is 5.69 Å². The number of nitrogens with zero attached hydrogens (tertiary/aromatic N) is 6. The number of anilines is 1. The zero-order valence-corrected chi connectivity index (χ0v) is 20.7. The Labute approximate surface area is 219 Å². The molecule has 9 heteroatoms. The molecule has 3 aliphatic heterocycles. The van der Waals surface area contributed by atoms with Gasteiger partial charge in [-0.2, -0.15) is 0 Å². The summed E-state index contributed by atoms with van der Waals surface area (Å²) in [4.78, 5) is 36.3. The first-order valence-corrected chi connectivity index (χ1v) is 12.9. The molecule has 9 nitrogen and oxygen atoms in total. The lowest BCUT2D eigenvalue weighted by molar-refractivity contribution is -0.124. The molecule has 2 aromatic carbocycles. The number of amides is 2. The number of hydrogen-bond donors (Lipinski definition) is 0. The number of pyridine rings is 1. The normalized spacial score (nSPS) is 22.2. The highest BCUT2D eigenvalue weighted by Crippen LogP contribution is 2.57. The van der Waals surface area contributed by atoms with E-state index in [0.717, 1.165) is 28.9 Å². The third kappa shape index (κ3) is 3.42. The molecule has 1 saturated heterocycles. The molecular weight excluding hydrogens is 480 g/mol. The summed E-state index contributed by atoms with van der Waals surface area (Å²) in [5, 5.41) is 8.61. The number of hydrogen-bond acceptors (Lipinski definition) is 6. The minimum Gasteiger partial charge on any atom is -0.494 e. The Morgan fingerprint density at radius 1 is 1.05 bits per heavy atom. The number of rotatable bonds is 1. The maximum atomic E-state index is 14.6. The van der Waals surface area contributed by atoms with E-state index in [1.54, 1.807) is 29.2 Å². The number of ether oxygens (including phenoxy) is 1. The standard InChI is InChI=1S/C29H26N6O3/c36-27(21-7-4-12-30-17-21)34-14-11-29-24-9-1-2-10-25(24)35(28(29)37)19-22-18-33(32-31-22)13-5-15-38-23-8-3-6-20(16-23)26(29)34/h1-4,6-10,12,16-18,26H,5,11,13-15,19H2/t26-,29+/m0/s1. The van der Waals surface area contributed by atoms with Crippen LogP contribution in [0.3, 0.4) is 0 Å². The second kappa shape index (κ2) is 8.79. The van der Waals surface area contributed by atoms with Crippen molar-refractivity contribution in [2.75, 3.05) is 18.1 Å². The smallest absolute Gasteiger partial charge is 0.255 e. The molecule has 1 fully saturated rings. The summed E-state index contributed by atoms with van der Waals surface area (Å²) < 4.78 is 7.90. The number of aryl methyl sites for hydroxylation is 1. The van der Waals surface area contributed by atoms with E-state index in [-0.39, 0.29) is 11.8 Å². The van der Waals surface area contributed by atoms with Gasteiger partial charge in [0.15, 0.2) is 0 Å². The summed E-state index contributed by atoms with van der Waals surface area (Å²) in [6.45, 7) is 1.93. The van der Waals surface area contributed by atoms with Crippen LogP contribution in [-0.2, 0) is 23.3 Å².